The van der Waals surface area contributed by atoms with Crippen LogP contribution in [0.15, 0.2) is 0 Å². The maximum Gasteiger partial charge on any atom is 0.159 e. The Balaban J connectivity index is 2.54. The molecule has 0 saturated carbocycles. The molecule has 0 unspecified atom stereocenters. The normalized spacial score (nSPS) is 35.6. The summed E-state index contributed by atoms with van der Waals surface area (Å²) >= 11 is 0. The number of hydrogen-bond donors (Lipinski definition) is 1. The molecule has 1 rings (SSSR count). The second-order valence-corrected chi connectivity index (χ2v) is 2.96. The van der Waals surface area contributed by atoms with Crippen molar-refractivity contribution in [3.8, 4) is 0 Å². The van der Waals surface area contributed by atoms with Crippen molar-refractivity contribution in [1.82, 2.24) is 0 Å². The maximum absolute atomic E-state index is 9.03. The molecule has 0 aliphatic carbocycles. The average Bonchev–Trinajstić information content (AvgIpc) is 1.86. The Morgan fingerprint density at radius 2 is 2.25 bits per heavy atom. The largest absolute Gasteiger partial charge is 0.368 e. The van der Waals surface area contributed by atoms with Crippen molar-refractivity contribution in [2.24, 2.45) is 5.41 Å². The van der Waals surface area contributed by atoms with E-state index < -0.39 is 6.29 Å². The first kappa shape index (κ1) is 6.05. The van der Waals surface area contributed by atoms with E-state index in [1.54, 1.807) is 0 Å². The smallest absolute Gasteiger partial charge is 0.159 e. The summed E-state index contributed by atoms with van der Waals surface area (Å²) in [4.78, 5) is 0. The predicted molar refractivity (Wildman–Crippen MR) is 30.4 cm³/mol. The van der Waals surface area contributed by atoms with Gasteiger partial charge in [0.15, 0.2) is 6.29 Å². The molecule has 2 heteroatoms. The maximum atomic E-state index is 9.03. The van der Waals surface area contributed by atoms with Crippen LogP contribution >= 0.6 is 0 Å². The Hall–Kier alpha value is -0.0800. The third kappa shape index (κ3) is 0.858. The zero-order valence-electron chi connectivity index (χ0n) is 5.35. The van der Waals surface area contributed by atoms with Crippen molar-refractivity contribution >= 4 is 0 Å². The number of aliphatic hydroxyl groups excluding tert-OH is 1. The van der Waals surface area contributed by atoms with Gasteiger partial charge in [-0.15, -0.1) is 0 Å². The van der Waals surface area contributed by atoms with Gasteiger partial charge in [0.25, 0.3) is 0 Å². The summed E-state index contributed by atoms with van der Waals surface area (Å²) in [6.45, 7) is 4.71. The molecule has 8 heavy (non-hydrogen) atoms. The molecule has 1 fully saturated rings. The van der Waals surface area contributed by atoms with Gasteiger partial charge in [0.2, 0.25) is 0 Å². The summed E-state index contributed by atoms with van der Waals surface area (Å²) in [6.07, 6.45) is 0.427. The first-order valence-electron chi connectivity index (χ1n) is 2.92. The quantitative estimate of drug-likeness (QED) is 0.506. The van der Waals surface area contributed by atoms with Gasteiger partial charge >= 0.3 is 0 Å². The Morgan fingerprint density at radius 1 is 1.62 bits per heavy atom. The summed E-state index contributed by atoms with van der Waals surface area (Å²) in [6, 6.07) is 0. The van der Waals surface area contributed by atoms with Gasteiger partial charge in [-0.3, -0.25) is 0 Å². The molecule has 0 aromatic rings. The fourth-order valence-corrected chi connectivity index (χ4v) is 0.783. The first-order valence-corrected chi connectivity index (χ1v) is 2.92. The molecule has 48 valence electrons. The van der Waals surface area contributed by atoms with Gasteiger partial charge in [0, 0.05) is 5.41 Å². The van der Waals surface area contributed by atoms with Crippen molar-refractivity contribution < 1.29 is 9.84 Å². The standard InChI is InChI=1S/C6H12O2/c1-6(2)3-4-8-5(6)7/h5,7H,3-4H2,1-2H3/t5-/m0/s1. The van der Waals surface area contributed by atoms with E-state index in [-0.39, 0.29) is 5.41 Å². The molecule has 1 heterocycles. The van der Waals surface area contributed by atoms with E-state index in [1.165, 1.54) is 0 Å². The van der Waals surface area contributed by atoms with Crippen LogP contribution in [0.4, 0.5) is 0 Å². The predicted octanol–water partition coefficient (Wildman–Crippen LogP) is 0.751. The molecule has 1 N–H and O–H groups in total. The van der Waals surface area contributed by atoms with Crippen LogP contribution < -0.4 is 0 Å². The highest BCUT2D eigenvalue weighted by Crippen LogP contribution is 2.31. The highest BCUT2D eigenvalue weighted by molar-refractivity contribution is 4.76. The molecule has 2 nitrogen and oxygen atoms in total. The van der Waals surface area contributed by atoms with E-state index in [2.05, 4.69) is 0 Å². The van der Waals surface area contributed by atoms with Crippen LogP contribution in [0, 0.1) is 5.41 Å². The van der Waals surface area contributed by atoms with Crippen molar-refractivity contribution in [3.05, 3.63) is 0 Å². The van der Waals surface area contributed by atoms with Crippen molar-refractivity contribution in [2.45, 2.75) is 26.6 Å². The molecule has 1 saturated heterocycles. The molecule has 0 spiro atoms. The Bertz CT molecular complexity index is 88.5. The van der Waals surface area contributed by atoms with Crippen molar-refractivity contribution in [1.29, 1.82) is 0 Å². The number of aliphatic hydroxyl groups is 1. The number of ether oxygens (including phenoxy) is 1. The van der Waals surface area contributed by atoms with Gasteiger partial charge in [-0.1, -0.05) is 13.8 Å². The molecular weight excluding hydrogens is 104 g/mol. The zero-order valence-corrected chi connectivity index (χ0v) is 5.35. The van der Waals surface area contributed by atoms with E-state index in [9.17, 15) is 0 Å². The molecule has 0 aromatic carbocycles. The van der Waals surface area contributed by atoms with Crippen LogP contribution in [0.3, 0.4) is 0 Å². The lowest BCUT2D eigenvalue weighted by molar-refractivity contribution is -0.106. The third-order valence-electron chi connectivity index (χ3n) is 1.69. The first-order chi connectivity index (χ1) is 3.63. The lowest BCUT2D eigenvalue weighted by Crippen LogP contribution is -2.23. The molecular formula is C6H12O2. The van der Waals surface area contributed by atoms with E-state index in [0.29, 0.717) is 6.61 Å². The topological polar surface area (TPSA) is 29.5 Å². The molecule has 1 atom stereocenters. The monoisotopic (exact) mass is 116 g/mol. The Morgan fingerprint density at radius 3 is 2.38 bits per heavy atom. The van der Waals surface area contributed by atoms with E-state index in [1.807, 2.05) is 13.8 Å². The Kier molecular flexibility index (Phi) is 1.29. The summed E-state index contributed by atoms with van der Waals surface area (Å²) in [5.41, 5.74) is -0.0139. The van der Waals surface area contributed by atoms with Crippen LogP contribution in [0.2, 0.25) is 0 Å². The van der Waals surface area contributed by atoms with E-state index in [0.717, 1.165) is 6.42 Å². The molecule has 0 radical (unpaired) electrons. The molecule has 0 bridgehead atoms. The zero-order chi connectivity index (χ0) is 6.20. The minimum atomic E-state index is -0.539. The van der Waals surface area contributed by atoms with E-state index >= 15 is 0 Å². The van der Waals surface area contributed by atoms with Gasteiger partial charge in [-0.05, 0) is 6.42 Å². The highest BCUT2D eigenvalue weighted by Gasteiger charge is 2.33. The fraction of sp³-hybridized carbons (Fsp3) is 1.00. The second kappa shape index (κ2) is 1.71. The van der Waals surface area contributed by atoms with Gasteiger partial charge < -0.3 is 9.84 Å². The van der Waals surface area contributed by atoms with Crippen LogP contribution in [0.1, 0.15) is 20.3 Å². The van der Waals surface area contributed by atoms with Gasteiger partial charge in [-0.2, -0.15) is 0 Å². The average molecular weight is 116 g/mol. The summed E-state index contributed by atoms with van der Waals surface area (Å²) in [5.74, 6) is 0. The SMILES string of the molecule is CC1(C)CCO[C@@H]1O. The Labute approximate surface area is 49.5 Å². The molecule has 0 amide bonds. The van der Waals surface area contributed by atoms with Crippen LogP contribution in [-0.2, 0) is 4.74 Å². The van der Waals surface area contributed by atoms with Gasteiger partial charge in [-0.25, -0.2) is 0 Å². The highest BCUT2D eigenvalue weighted by atomic mass is 16.6. The van der Waals surface area contributed by atoms with Gasteiger partial charge in [0.1, 0.15) is 0 Å². The van der Waals surface area contributed by atoms with Crippen molar-refractivity contribution in [2.75, 3.05) is 6.61 Å². The molecule has 0 aromatic heterocycles. The summed E-state index contributed by atoms with van der Waals surface area (Å²) in [5, 5.41) is 9.03. The van der Waals surface area contributed by atoms with Gasteiger partial charge in [0.05, 0.1) is 6.61 Å². The van der Waals surface area contributed by atoms with E-state index in [4.69, 9.17) is 9.84 Å². The molecule has 1 aliphatic heterocycles. The summed E-state index contributed by atoms with van der Waals surface area (Å²) < 4.78 is 4.92. The fourth-order valence-electron chi connectivity index (χ4n) is 0.783. The third-order valence-corrected chi connectivity index (χ3v) is 1.69. The van der Waals surface area contributed by atoms with Crippen LogP contribution in [0.25, 0.3) is 0 Å². The van der Waals surface area contributed by atoms with Crippen LogP contribution in [0.5, 0.6) is 0 Å². The number of hydrogen-bond acceptors (Lipinski definition) is 2. The van der Waals surface area contributed by atoms with Crippen LogP contribution in [-0.4, -0.2) is 18.0 Å². The lowest BCUT2D eigenvalue weighted by atomic mass is 9.91. The van der Waals surface area contributed by atoms with Crippen molar-refractivity contribution in [3.63, 3.8) is 0 Å². The minimum Gasteiger partial charge on any atom is -0.368 e. The minimum absolute atomic E-state index is 0.0139. The molecule has 1 aliphatic rings. The second-order valence-electron chi connectivity index (χ2n) is 2.96. The lowest BCUT2D eigenvalue weighted by Gasteiger charge is -2.18. The number of rotatable bonds is 0. The summed E-state index contributed by atoms with van der Waals surface area (Å²) in [7, 11) is 0.